The molecule has 0 spiro atoms. The van der Waals surface area contributed by atoms with Crippen LogP contribution in [0.25, 0.3) is 93.6 Å². The van der Waals surface area contributed by atoms with E-state index in [0.717, 1.165) is 29.9 Å². The van der Waals surface area contributed by atoms with Crippen molar-refractivity contribution in [3.63, 3.8) is 0 Å². The Morgan fingerprint density at radius 1 is 0.344 bits per heavy atom. The Morgan fingerprint density at radius 3 is 1.62 bits per heavy atom. The molecule has 11 aromatic rings. The van der Waals surface area contributed by atoms with Crippen LogP contribution in [0.1, 0.15) is 12.8 Å². The molecule has 0 unspecified atom stereocenters. The predicted octanol–water partition coefficient (Wildman–Crippen LogP) is 17.4. The van der Waals surface area contributed by atoms with Crippen molar-refractivity contribution in [3.05, 3.63) is 243 Å². The van der Waals surface area contributed by atoms with Gasteiger partial charge in [0.15, 0.2) is 0 Å². The van der Waals surface area contributed by atoms with E-state index < -0.39 is 0 Å². The van der Waals surface area contributed by atoms with Gasteiger partial charge in [-0.3, -0.25) is 0 Å². The van der Waals surface area contributed by atoms with Gasteiger partial charge >= 0.3 is 0 Å². The number of nitrogens with zero attached hydrogens (tertiary/aromatic N) is 2. The number of aromatic nitrogens is 1. The van der Waals surface area contributed by atoms with Crippen LogP contribution in [0.2, 0.25) is 0 Å². The third-order valence-corrected chi connectivity index (χ3v) is 13.0. The van der Waals surface area contributed by atoms with Crippen LogP contribution in [0.3, 0.4) is 0 Å². The molecule has 0 radical (unpaired) electrons. The van der Waals surface area contributed by atoms with Crippen LogP contribution in [0.15, 0.2) is 243 Å². The maximum atomic E-state index is 2.47. The number of fused-ring (bicyclic) bond motifs is 6. The van der Waals surface area contributed by atoms with Crippen molar-refractivity contribution in [3.8, 4) is 44.5 Å². The Bertz CT molecular complexity index is 3570. The van der Waals surface area contributed by atoms with Crippen LogP contribution in [0.4, 0.5) is 17.1 Å². The van der Waals surface area contributed by atoms with Gasteiger partial charge in [0.25, 0.3) is 0 Å². The maximum Gasteiger partial charge on any atom is 0.0547 e. The van der Waals surface area contributed by atoms with Gasteiger partial charge in [0.05, 0.1) is 11.0 Å². The monoisotopic (exact) mass is 816 g/mol. The van der Waals surface area contributed by atoms with Gasteiger partial charge in [-0.2, -0.15) is 0 Å². The first kappa shape index (κ1) is 37.6. The summed E-state index contributed by atoms with van der Waals surface area (Å²) < 4.78 is 2.47. The lowest BCUT2D eigenvalue weighted by molar-refractivity contribution is 1.02. The molecule has 2 heteroatoms. The standard InChI is InChI=1S/C62H44N2/c1-3-13-43(14-4-1)45-25-27-46(28-26-45)47-31-36-54(37-32-47)63(55-38-33-48(34-39-55)51-30-29-44-15-7-8-17-50(44)41-51)56-21-11-18-52(42-56)58-23-12-24-59-62(58)61-57-22-10-9-16-49(57)35-40-60(61)64(59)53-19-5-2-6-20-53/h1,3-5,7-42H,2,6H2. The quantitative estimate of drug-likeness (QED) is 0.148. The summed E-state index contributed by atoms with van der Waals surface area (Å²) in [5.74, 6) is 0. The van der Waals surface area contributed by atoms with Gasteiger partial charge in [0.1, 0.15) is 0 Å². The molecule has 0 atom stereocenters. The molecule has 0 bridgehead atoms. The summed E-state index contributed by atoms with van der Waals surface area (Å²) in [4.78, 5) is 2.40. The highest BCUT2D eigenvalue weighted by atomic mass is 15.1. The average Bonchev–Trinajstić information content (AvgIpc) is 3.73. The molecule has 2 nitrogen and oxygen atoms in total. The van der Waals surface area contributed by atoms with Gasteiger partial charge < -0.3 is 9.47 Å². The molecule has 64 heavy (non-hydrogen) atoms. The average molecular weight is 817 g/mol. The summed E-state index contributed by atoms with van der Waals surface area (Å²) >= 11 is 0. The highest BCUT2D eigenvalue weighted by Gasteiger charge is 2.21. The van der Waals surface area contributed by atoms with Crippen molar-refractivity contribution < 1.29 is 0 Å². The highest BCUT2D eigenvalue weighted by molar-refractivity contribution is 6.25. The molecular formula is C62H44N2. The number of hydrogen-bond donors (Lipinski definition) is 0. The van der Waals surface area contributed by atoms with Crippen molar-refractivity contribution in [2.24, 2.45) is 0 Å². The van der Waals surface area contributed by atoms with E-state index in [9.17, 15) is 0 Å². The number of allylic oxidation sites excluding steroid dienone is 4. The zero-order valence-corrected chi connectivity index (χ0v) is 35.4. The predicted molar refractivity (Wildman–Crippen MR) is 274 cm³/mol. The van der Waals surface area contributed by atoms with Crippen molar-refractivity contribution in [1.82, 2.24) is 4.57 Å². The first-order chi connectivity index (χ1) is 31.7. The Kier molecular flexibility index (Phi) is 9.34. The Balaban J connectivity index is 0.988. The number of anilines is 3. The van der Waals surface area contributed by atoms with Crippen molar-refractivity contribution in [2.75, 3.05) is 4.90 Å². The zero-order valence-electron chi connectivity index (χ0n) is 35.4. The Morgan fingerprint density at radius 2 is 0.906 bits per heavy atom. The lowest BCUT2D eigenvalue weighted by Gasteiger charge is -2.26. The molecular weight excluding hydrogens is 773 g/mol. The topological polar surface area (TPSA) is 8.17 Å². The first-order valence-electron chi connectivity index (χ1n) is 22.3. The highest BCUT2D eigenvalue weighted by Crippen LogP contribution is 2.44. The molecule has 0 aliphatic heterocycles. The molecule has 12 rings (SSSR count). The molecule has 0 fully saturated rings. The minimum atomic E-state index is 1.04. The number of rotatable bonds is 8. The van der Waals surface area contributed by atoms with Gasteiger partial charge in [0, 0.05) is 33.5 Å². The van der Waals surface area contributed by atoms with Crippen LogP contribution in [0.5, 0.6) is 0 Å². The smallest absolute Gasteiger partial charge is 0.0547 e. The van der Waals surface area contributed by atoms with E-state index in [-0.39, 0.29) is 0 Å². The summed E-state index contributed by atoms with van der Waals surface area (Å²) in [6.45, 7) is 0. The van der Waals surface area contributed by atoms with E-state index in [1.807, 2.05) is 0 Å². The Labute approximate surface area is 373 Å². The fourth-order valence-corrected chi connectivity index (χ4v) is 9.83. The fraction of sp³-hybridized carbons (Fsp3) is 0.0323. The van der Waals surface area contributed by atoms with Gasteiger partial charge in [-0.05, 0) is 140 Å². The minimum absolute atomic E-state index is 1.04. The Hall–Kier alpha value is -8.20. The van der Waals surface area contributed by atoms with E-state index in [1.54, 1.807) is 0 Å². The second-order valence-electron chi connectivity index (χ2n) is 16.8. The number of hydrogen-bond acceptors (Lipinski definition) is 1. The fourth-order valence-electron chi connectivity index (χ4n) is 9.83. The lowest BCUT2D eigenvalue weighted by Crippen LogP contribution is -2.10. The van der Waals surface area contributed by atoms with Gasteiger partial charge in [0.2, 0.25) is 0 Å². The molecule has 1 aromatic heterocycles. The largest absolute Gasteiger partial charge is 0.310 e. The third kappa shape index (κ3) is 6.68. The molecule has 1 aliphatic rings. The van der Waals surface area contributed by atoms with E-state index in [2.05, 4.69) is 252 Å². The van der Waals surface area contributed by atoms with Crippen LogP contribution in [-0.2, 0) is 0 Å². The second kappa shape index (κ2) is 15.9. The van der Waals surface area contributed by atoms with E-state index in [4.69, 9.17) is 0 Å². The van der Waals surface area contributed by atoms with E-state index in [0.29, 0.717) is 0 Å². The minimum Gasteiger partial charge on any atom is -0.310 e. The van der Waals surface area contributed by atoms with Gasteiger partial charge in [-0.25, -0.2) is 0 Å². The third-order valence-electron chi connectivity index (χ3n) is 13.0. The SMILES string of the molecule is C1=CC(n2c3cccc(-c4cccc(N(c5ccc(-c6ccc(-c7ccccc7)cc6)cc5)c5ccc(-c6ccc7ccccc7c6)cc5)c4)c3c3c4ccccc4ccc32)=CCC1. The summed E-state index contributed by atoms with van der Waals surface area (Å²) in [5.41, 5.74) is 16.6. The molecule has 10 aromatic carbocycles. The van der Waals surface area contributed by atoms with Crippen molar-refractivity contribution in [1.29, 1.82) is 0 Å². The van der Waals surface area contributed by atoms with Crippen LogP contribution in [-0.4, -0.2) is 4.57 Å². The second-order valence-corrected chi connectivity index (χ2v) is 16.8. The molecule has 0 N–H and O–H groups in total. The summed E-state index contributed by atoms with van der Waals surface area (Å²) in [6.07, 6.45) is 9.10. The van der Waals surface area contributed by atoms with Gasteiger partial charge in [-0.1, -0.05) is 182 Å². The molecule has 1 aliphatic carbocycles. The molecule has 0 saturated heterocycles. The van der Waals surface area contributed by atoms with Crippen molar-refractivity contribution >= 4 is 66.1 Å². The molecule has 0 amide bonds. The van der Waals surface area contributed by atoms with Crippen LogP contribution in [0, 0.1) is 0 Å². The lowest BCUT2D eigenvalue weighted by atomic mass is 9.96. The molecule has 1 heterocycles. The maximum absolute atomic E-state index is 2.47. The van der Waals surface area contributed by atoms with Crippen LogP contribution >= 0.6 is 0 Å². The first-order valence-corrected chi connectivity index (χ1v) is 22.3. The molecule has 0 saturated carbocycles. The van der Waals surface area contributed by atoms with E-state index in [1.165, 1.54) is 93.6 Å². The normalized spacial score (nSPS) is 12.6. The molecule has 302 valence electrons. The summed E-state index contributed by atoms with van der Waals surface area (Å²) in [5, 5.41) is 7.59. The van der Waals surface area contributed by atoms with Crippen molar-refractivity contribution in [2.45, 2.75) is 12.8 Å². The zero-order chi connectivity index (χ0) is 42.4. The van der Waals surface area contributed by atoms with E-state index >= 15 is 0 Å². The summed E-state index contributed by atoms with van der Waals surface area (Å²) in [6, 6.07) is 82.2. The number of benzene rings is 10. The van der Waals surface area contributed by atoms with Crippen LogP contribution < -0.4 is 4.90 Å². The van der Waals surface area contributed by atoms with Gasteiger partial charge in [-0.15, -0.1) is 0 Å². The summed E-state index contributed by atoms with van der Waals surface area (Å²) in [7, 11) is 0.